The Kier molecular flexibility index (Phi) is 4.46. The van der Waals surface area contributed by atoms with Gasteiger partial charge in [-0.2, -0.15) is 0 Å². The molecule has 1 aromatic rings. The van der Waals surface area contributed by atoms with Crippen molar-refractivity contribution in [1.82, 2.24) is 4.31 Å². The van der Waals surface area contributed by atoms with Gasteiger partial charge in [0.05, 0.1) is 28.5 Å². The first-order valence-corrected chi connectivity index (χ1v) is 8.38. The number of hydrogen-bond donors (Lipinski definition) is 1. The van der Waals surface area contributed by atoms with E-state index >= 15 is 0 Å². The summed E-state index contributed by atoms with van der Waals surface area (Å²) >= 11 is 0. The summed E-state index contributed by atoms with van der Waals surface area (Å²) in [4.78, 5) is 2.34. The van der Waals surface area contributed by atoms with E-state index in [0.717, 1.165) is 5.69 Å². The van der Waals surface area contributed by atoms with E-state index in [4.69, 9.17) is 10.5 Å². The van der Waals surface area contributed by atoms with Crippen LogP contribution in [0.2, 0.25) is 0 Å². The normalized spacial score (nSPS) is 23.6. The fraction of sp³-hybridized carbons (Fsp3) is 0.571. The van der Waals surface area contributed by atoms with Gasteiger partial charge in [0, 0.05) is 27.2 Å². The van der Waals surface area contributed by atoms with Crippen LogP contribution in [0.25, 0.3) is 0 Å². The molecule has 2 atom stereocenters. The van der Waals surface area contributed by atoms with Crippen LogP contribution in [0.15, 0.2) is 23.1 Å². The Morgan fingerprint density at radius 3 is 2.33 bits per heavy atom. The van der Waals surface area contributed by atoms with E-state index in [1.165, 1.54) is 18.4 Å². The number of benzene rings is 1. The minimum absolute atomic E-state index is 0.0854. The van der Waals surface area contributed by atoms with Crippen molar-refractivity contribution in [1.29, 1.82) is 0 Å². The molecule has 1 aromatic carbocycles. The number of anilines is 2. The molecule has 0 radical (unpaired) electrons. The van der Waals surface area contributed by atoms with Crippen molar-refractivity contribution in [2.24, 2.45) is 0 Å². The highest BCUT2D eigenvalue weighted by Crippen LogP contribution is 2.30. The number of ether oxygens (including phenoxy) is 1. The molecule has 118 valence electrons. The molecular formula is C14H23N3O3S. The van der Waals surface area contributed by atoms with Gasteiger partial charge in [-0.3, -0.25) is 0 Å². The van der Waals surface area contributed by atoms with Gasteiger partial charge in [0.2, 0.25) is 10.0 Å². The molecule has 2 unspecified atom stereocenters. The van der Waals surface area contributed by atoms with E-state index in [0.29, 0.717) is 18.8 Å². The van der Waals surface area contributed by atoms with Crippen molar-refractivity contribution in [2.75, 3.05) is 37.8 Å². The molecule has 1 aliphatic rings. The summed E-state index contributed by atoms with van der Waals surface area (Å²) in [7, 11) is -0.426. The van der Waals surface area contributed by atoms with Crippen LogP contribution in [0.3, 0.4) is 0 Å². The SMILES string of the molecule is CC1CN(c2cc(S(=O)(=O)N(C)C)ccc2N)CC(C)O1. The van der Waals surface area contributed by atoms with Crippen LogP contribution in [-0.2, 0) is 14.8 Å². The zero-order valence-corrected chi connectivity index (χ0v) is 13.7. The third-order valence-corrected chi connectivity index (χ3v) is 5.35. The third kappa shape index (κ3) is 3.30. The van der Waals surface area contributed by atoms with Gasteiger partial charge in [0.25, 0.3) is 0 Å². The summed E-state index contributed by atoms with van der Waals surface area (Å²) in [6.07, 6.45) is 0.171. The zero-order chi connectivity index (χ0) is 15.8. The summed E-state index contributed by atoms with van der Waals surface area (Å²) in [5, 5.41) is 0. The van der Waals surface area contributed by atoms with E-state index in [-0.39, 0.29) is 17.1 Å². The van der Waals surface area contributed by atoms with Crippen LogP contribution in [0.4, 0.5) is 11.4 Å². The molecular weight excluding hydrogens is 290 g/mol. The minimum atomic E-state index is -3.46. The number of nitrogens with two attached hydrogens (primary N) is 1. The van der Waals surface area contributed by atoms with Gasteiger partial charge in [-0.1, -0.05) is 0 Å². The number of sulfonamides is 1. The Balaban J connectivity index is 2.40. The molecule has 21 heavy (non-hydrogen) atoms. The Bertz CT molecular complexity index is 606. The first-order valence-electron chi connectivity index (χ1n) is 6.94. The number of hydrogen-bond acceptors (Lipinski definition) is 5. The molecule has 6 nitrogen and oxygen atoms in total. The monoisotopic (exact) mass is 313 g/mol. The summed E-state index contributed by atoms with van der Waals surface area (Å²) in [6.45, 7) is 5.39. The molecule has 0 spiro atoms. The molecule has 0 aromatic heterocycles. The van der Waals surface area contributed by atoms with Crippen LogP contribution in [0, 0.1) is 0 Å². The number of nitrogen functional groups attached to an aromatic ring is 1. The number of morpholine rings is 1. The molecule has 1 fully saturated rings. The maximum Gasteiger partial charge on any atom is 0.242 e. The average molecular weight is 313 g/mol. The highest BCUT2D eigenvalue weighted by atomic mass is 32.2. The first kappa shape index (κ1) is 16.1. The Hall–Kier alpha value is -1.31. The predicted molar refractivity (Wildman–Crippen MR) is 83.9 cm³/mol. The lowest BCUT2D eigenvalue weighted by atomic mass is 10.2. The summed E-state index contributed by atoms with van der Waals surface area (Å²) < 4.78 is 31.4. The topological polar surface area (TPSA) is 75.9 Å². The Morgan fingerprint density at radius 1 is 1.24 bits per heavy atom. The Labute approximate surface area is 126 Å². The van der Waals surface area contributed by atoms with Crippen molar-refractivity contribution in [2.45, 2.75) is 31.0 Å². The maximum absolute atomic E-state index is 12.2. The van der Waals surface area contributed by atoms with Crippen LogP contribution in [-0.4, -0.2) is 52.1 Å². The molecule has 2 rings (SSSR count). The molecule has 1 aliphatic heterocycles. The van der Waals surface area contributed by atoms with Gasteiger partial charge < -0.3 is 15.4 Å². The van der Waals surface area contributed by atoms with Crippen molar-refractivity contribution >= 4 is 21.4 Å². The largest absolute Gasteiger partial charge is 0.397 e. The highest BCUT2D eigenvalue weighted by Gasteiger charge is 2.25. The van der Waals surface area contributed by atoms with E-state index in [1.807, 2.05) is 13.8 Å². The average Bonchev–Trinajstić information content (AvgIpc) is 2.37. The standard InChI is InChI=1S/C14H23N3O3S/c1-10-8-17(9-11(2)20-10)14-7-12(5-6-13(14)15)21(18,19)16(3)4/h5-7,10-11H,8-9,15H2,1-4H3. The number of nitrogens with zero attached hydrogens (tertiary/aromatic N) is 2. The lowest BCUT2D eigenvalue weighted by Gasteiger charge is -2.37. The van der Waals surface area contributed by atoms with Crippen molar-refractivity contribution < 1.29 is 13.2 Å². The second kappa shape index (κ2) is 5.82. The molecule has 0 saturated carbocycles. The number of rotatable bonds is 3. The smallest absolute Gasteiger partial charge is 0.242 e. The van der Waals surface area contributed by atoms with Gasteiger partial charge in [-0.05, 0) is 32.0 Å². The second-order valence-electron chi connectivity index (χ2n) is 5.67. The maximum atomic E-state index is 12.2. The van der Waals surface area contributed by atoms with Crippen molar-refractivity contribution in [3.05, 3.63) is 18.2 Å². The van der Waals surface area contributed by atoms with Crippen LogP contribution in [0.1, 0.15) is 13.8 Å². The molecule has 1 saturated heterocycles. The van der Waals surface area contributed by atoms with Crippen LogP contribution >= 0.6 is 0 Å². The van der Waals surface area contributed by atoms with E-state index in [1.54, 1.807) is 18.2 Å². The van der Waals surface area contributed by atoms with Gasteiger partial charge >= 0.3 is 0 Å². The molecule has 7 heteroatoms. The third-order valence-electron chi connectivity index (χ3n) is 3.54. The van der Waals surface area contributed by atoms with E-state index < -0.39 is 10.0 Å². The Morgan fingerprint density at radius 2 is 1.81 bits per heavy atom. The van der Waals surface area contributed by atoms with E-state index in [9.17, 15) is 8.42 Å². The van der Waals surface area contributed by atoms with Gasteiger partial charge in [0.15, 0.2) is 0 Å². The zero-order valence-electron chi connectivity index (χ0n) is 12.9. The fourth-order valence-corrected chi connectivity index (χ4v) is 3.47. The van der Waals surface area contributed by atoms with E-state index in [2.05, 4.69) is 4.90 Å². The first-order chi connectivity index (χ1) is 9.71. The van der Waals surface area contributed by atoms with Gasteiger partial charge in [-0.25, -0.2) is 12.7 Å². The lowest BCUT2D eigenvalue weighted by molar-refractivity contribution is -0.00518. The summed E-state index contributed by atoms with van der Waals surface area (Å²) in [5.74, 6) is 0. The van der Waals surface area contributed by atoms with Gasteiger partial charge in [0.1, 0.15) is 0 Å². The molecule has 1 heterocycles. The van der Waals surface area contributed by atoms with Gasteiger partial charge in [-0.15, -0.1) is 0 Å². The summed E-state index contributed by atoms with van der Waals surface area (Å²) in [6, 6.07) is 4.84. The predicted octanol–water partition coefficient (Wildman–Crippen LogP) is 1.13. The summed E-state index contributed by atoms with van der Waals surface area (Å²) in [5.41, 5.74) is 7.37. The molecule has 0 aliphatic carbocycles. The molecule has 0 bridgehead atoms. The fourth-order valence-electron chi connectivity index (χ4n) is 2.54. The van der Waals surface area contributed by atoms with Crippen LogP contribution < -0.4 is 10.6 Å². The lowest BCUT2D eigenvalue weighted by Crippen LogP contribution is -2.45. The highest BCUT2D eigenvalue weighted by molar-refractivity contribution is 7.89. The van der Waals surface area contributed by atoms with Crippen LogP contribution in [0.5, 0.6) is 0 Å². The minimum Gasteiger partial charge on any atom is -0.397 e. The van der Waals surface area contributed by atoms with Crippen molar-refractivity contribution in [3.8, 4) is 0 Å². The molecule has 0 amide bonds. The molecule has 2 N–H and O–H groups in total. The van der Waals surface area contributed by atoms with Crippen molar-refractivity contribution in [3.63, 3.8) is 0 Å². The quantitative estimate of drug-likeness (QED) is 0.847. The second-order valence-corrected chi connectivity index (χ2v) is 7.82.